The molecule has 1 heterocycles. The largest absolute Gasteiger partial charge is 0.481 e. The molecule has 1 aliphatic heterocycles. The lowest BCUT2D eigenvalue weighted by atomic mass is 9.89. The van der Waals surface area contributed by atoms with Gasteiger partial charge in [0.1, 0.15) is 0 Å². The van der Waals surface area contributed by atoms with E-state index in [1.165, 1.54) is 0 Å². The van der Waals surface area contributed by atoms with Gasteiger partial charge in [-0.3, -0.25) is 4.79 Å². The number of hydrogen-bond acceptors (Lipinski definition) is 2. The van der Waals surface area contributed by atoms with Crippen molar-refractivity contribution in [2.45, 2.75) is 25.6 Å². The Balaban J connectivity index is 2.84. The summed E-state index contributed by atoms with van der Waals surface area (Å²) in [6.45, 7) is 1.07. The molecular weight excluding hydrogens is 201 g/mol. The second-order valence-electron chi connectivity index (χ2n) is 3.29. The molecule has 0 aromatic heterocycles. The van der Waals surface area contributed by atoms with Crippen molar-refractivity contribution in [2.24, 2.45) is 11.8 Å². The molecular formula is C8H11F3O3. The molecule has 1 aliphatic rings. The first kappa shape index (κ1) is 11.3. The number of aliphatic carboxylic acids is 1. The van der Waals surface area contributed by atoms with E-state index >= 15 is 0 Å². The first-order chi connectivity index (χ1) is 6.38. The maximum absolute atomic E-state index is 12.3. The Labute approximate surface area is 78.9 Å². The number of ether oxygens (including phenoxy) is 1. The zero-order valence-electron chi connectivity index (χ0n) is 7.54. The van der Waals surface area contributed by atoms with Gasteiger partial charge in [-0.15, -0.1) is 0 Å². The molecule has 0 unspecified atom stereocenters. The molecule has 0 aromatic rings. The molecule has 0 bridgehead atoms. The summed E-state index contributed by atoms with van der Waals surface area (Å²) in [5, 5.41) is 8.67. The van der Waals surface area contributed by atoms with Gasteiger partial charge < -0.3 is 9.84 Å². The number of rotatable bonds is 2. The third-order valence-corrected chi connectivity index (χ3v) is 2.43. The second-order valence-corrected chi connectivity index (χ2v) is 3.29. The first-order valence-corrected chi connectivity index (χ1v) is 4.29. The fourth-order valence-corrected chi connectivity index (χ4v) is 1.69. The van der Waals surface area contributed by atoms with Crippen LogP contribution in [-0.2, 0) is 9.53 Å². The minimum atomic E-state index is -4.49. The summed E-state index contributed by atoms with van der Waals surface area (Å²) in [6, 6.07) is 0. The first-order valence-electron chi connectivity index (χ1n) is 4.29. The normalized spacial score (nSPS) is 33.3. The topological polar surface area (TPSA) is 46.5 Å². The van der Waals surface area contributed by atoms with Gasteiger partial charge in [-0.2, -0.15) is 13.2 Å². The number of carbonyl (C=O) groups is 1. The zero-order valence-corrected chi connectivity index (χ0v) is 7.54. The summed E-state index contributed by atoms with van der Waals surface area (Å²) in [5.74, 6) is -4.76. The molecule has 14 heavy (non-hydrogen) atoms. The number of halogens is 3. The van der Waals surface area contributed by atoms with E-state index in [9.17, 15) is 18.0 Å². The van der Waals surface area contributed by atoms with Crippen LogP contribution in [0.2, 0.25) is 0 Å². The lowest BCUT2D eigenvalue weighted by Crippen LogP contribution is -2.36. The smallest absolute Gasteiger partial charge is 0.394 e. The molecule has 1 rings (SSSR count). The standard InChI is InChI=1S/C8H11F3O3/c1-2-5-6(7(12)13)4(3-14-5)8(9,10)11/h4-6H,2-3H2,1H3,(H,12,13)/t4-,5-,6+/m1/s1. The van der Waals surface area contributed by atoms with E-state index in [0.717, 1.165) is 0 Å². The van der Waals surface area contributed by atoms with Crippen molar-refractivity contribution in [3.05, 3.63) is 0 Å². The average Bonchev–Trinajstić information content (AvgIpc) is 2.45. The van der Waals surface area contributed by atoms with Gasteiger partial charge >= 0.3 is 12.1 Å². The lowest BCUT2D eigenvalue weighted by molar-refractivity contribution is -0.189. The van der Waals surface area contributed by atoms with E-state index in [-0.39, 0.29) is 6.42 Å². The third-order valence-electron chi connectivity index (χ3n) is 2.43. The van der Waals surface area contributed by atoms with Gasteiger partial charge in [0.2, 0.25) is 0 Å². The van der Waals surface area contributed by atoms with Crippen molar-refractivity contribution in [2.75, 3.05) is 6.61 Å². The van der Waals surface area contributed by atoms with Crippen molar-refractivity contribution >= 4 is 5.97 Å². The molecule has 0 aliphatic carbocycles. The van der Waals surface area contributed by atoms with Crippen molar-refractivity contribution < 1.29 is 27.8 Å². The molecule has 1 fully saturated rings. The summed E-state index contributed by atoms with van der Waals surface area (Å²) in [6.07, 6.45) is -5.03. The SMILES string of the molecule is CC[C@H]1OC[C@@H](C(F)(F)F)[C@@H]1C(=O)O. The van der Waals surface area contributed by atoms with E-state index in [0.29, 0.717) is 0 Å². The van der Waals surface area contributed by atoms with Gasteiger partial charge in [-0.05, 0) is 6.42 Å². The van der Waals surface area contributed by atoms with Crippen LogP contribution in [0.5, 0.6) is 0 Å². The molecule has 1 saturated heterocycles. The number of alkyl halides is 3. The van der Waals surface area contributed by atoms with Crippen LogP contribution >= 0.6 is 0 Å². The van der Waals surface area contributed by atoms with Gasteiger partial charge in [-0.1, -0.05) is 6.92 Å². The van der Waals surface area contributed by atoms with E-state index < -0.39 is 36.7 Å². The Hall–Kier alpha value is -0.780. The highest BCUT2D eigenvalue weighted by molar-refractivity contribution is 5.71. The second kappa shape index (κ2) is 3.76. The van der Waals surface area contributed by atoms with Crippen LogP contribution in [0, 0.1) is 11.8 Å². The molecule has 82 valence electrons. The summed E-state index contributed by atoms with van der Waals surface area (Å²) in [4.78, 5) is 10.6. The number of hydrogen-bond donors (Lipinski definition) is 1. The van der Waals surface area contributed by atoms with Crippen LogP contribution in [0.4, 0.5) is 13.2 Å². The van der Waals surface area contributed by atoms with Crippen molar-refractivity contribution in [1.29, 1.82) is 0 Å². The molecule has 0 amide bonds. The maximum Gasteiger partial charge on any atom is 0.394 e. The molecule has 0 aromatic carbocycles. The monoisotopic (exact) mass is 212 g/mol. The number of carboxylic acids is 1. The minimum Gasteiger partial charge on any atom is -0.481 e. The quantitative estimate of drug-likeness (QED) is 0.757. The third kappa shape index (κ3) is 2.00. The van der Waals surface area contributed by atoms with Crippen LogP contribution in [0.1, 0.15) is 13.3 Å². The van der Waals surface area contributed by atoms with Crippen LogP contribution in [-0.4, -0.2) is 30.0 Å². The van der Waals surface area contributed by atoms with Crippen molar-refractivity contribution in [3.63, 3.8) is 0 Å². The highest BCUT2D eigenvalue weighted by Gasteiger charge is 2.54. The predicted molar refractivity (Wildman–Crippen MR) is 40.7 cm³/mol. The lowest BCUT2D eigenvalue weighted by Gasteiger charge is -2.19. The summed E-state index contributed by atoms with van der Waals surface area (Å²) in [5.41, 5.74) is 0. The molecule has 0 radical (unpaired) electrons. The summed E-state index contributed by atoms with van der Waals surface area (Å²) < 4.78 is 41.8. The Morgan fingerprint density at radius 3 is 2.50 bits per heavy atom. The molecule has 3 nitrogen and oxygen atoms in total. The van der Waals surface area contributed by atoms with Crippen molar-refractivity contribution in [3.8, 4) is 0 Å². The molecule has 3 atom stereocenters. The highest BCUT2D eigenvalue weighted by Crippen LogP contribution is 2.40. The minimum absolute atomic E-state index is 0.281. The average molecular weight is 212 g/mol. The van der Waals surface area contributed by atoms with Crippen LogP contribution in [0.15, 0.2) is 0 Å². The fraction of sp³-hybridized carbons (Fsp3) is 0.875. The maximum atomic E-state index is 12.3. The van der Waals surface area contributed by atoms with Crippen molar-refractivity contribution in [1.82, 2.24) is 0 Å². The van der Waals surface area contributed by atoms with Gasteiger partial charge in [0.15, 0.2) is 0 Å². The van der Waals surface area contributed by atoms with Crippen LogP contribution in [0.3, 0.4) is 0 Å². The Bertz CT molecular complexity index is 226. The fourth-order valence-electron chi connectivity index (χ4n) is 1.69. The molecule has 0 saturated carbocycles. The predicted octanol–water partition coefficient (Wildman–Crippen LogP) is 1.67. The van der Waals surface area contributed by atoms with E-state index in [2.05, 4.69) is 0 Å². The summed E-state index contributed by atoms with van der Waals surface area (Å²) in [7, 11) is 0. The van der Waals surface area contributed by atoms with Crippen LogP contribution in [0.25, 0.3) is 0 Å². The van der Waals surface area contributed by atoms with E-state index in [1.54, 1.807) is 6.92 Å². The highest BCUT2D eigenvalue weighted by atomic mass is 19.4. The van der Waals surface area contributed by atoms with Gasteiger partial charge in [-0.25, -0.2) is 0 Å². The Morgan fingerprint density at radius 2 is 2.14 bits per heavy atom. The Kier molecular flexibility index (Phi) is 3.04. The van der Waals surface area contributed by atoms with Gasteiger partial charge in [0.25, 0.3) is 0 Å². The molecule has 1 N–H and O–H groups in total. The van der Waals surface area contributed by atoms with Gasteiger partial charge in [0.05, 0.1) is 24.5 Å². The Morgan fingerprint density at radius 1 is 1.57 bits per heavy atom. The number of carboxylic acid groups (broad SMARTS) is 1. The van der Waals surface area contributed by atoms with E-state index in [1.807, 2.05) is 0 Å². The van der Waals surface area contributed by atoms with E-state index in [4.69, 9.17) is 9.84 Å². The zero-order chi connectivity index (χ0) is 10.9. The van der Waals surface area contributed by atoms with Gasteiger partial charge in [0, 0.05) is 0 Å². The molecule has 0 spiro atoms. The summed E-state index contributed by atoms with van der Waals surface area (Å²) >= 11 is 0. The molecule has 6 heteroatoms. The van der Waals surface area contributed by atoms with Crippen LogP contribution < -0.4 is 0 Å².